The molecule has 13 nitrogen and oxygen atoms in total. The summed E-state index contributed by atoms with van der Waals surface area (Å²) in [6.07, 6.45) is 3.27. The summed E-state index contributed by atoms with van der Waals surface area (Å²) in [6.45, 7) is 0.378. The van der Waals surface area contributed by atoms with Gasteiger partial charge in [-0.2, -0.15) is 0 Å². The minimum absolute atomic E-state index is 0.0397. The number of benzene rings is 1. The number of aromatic nitrogens is 5. The van der Waals surface area contributed by atoms with Crippen molar-refractivity contribution in [3.05, 3.63) is 54.8 Å². The molecule has 0 radical (unpaired) electrons. The number of sulfonamides is 1. The summed E-state index contributed by atoms with van der Waals surface area (Å²) in [4.78, 5) is 9.64. The molecule has 39 heavy (non-hydrogen) atoms. The van der Waals surface area contributed by atoms with Crippen molar-refractivity contribution >= 4 is 21.9 Å². The Morgan fingerprint density at radius 1 is 1.03 bits per heavy atom. The third kappa shape index (κ3) is 5.22. The minimum atomic E-state index is -4.09. The molecule has 0 spiro atoms. The molecule has 0 unspecified atom stereocenters. The number of ether oxygens (including phenoxy) is 3. The van der Waals surface area contributed by atoms with E-state index < -0.39 is 27.2 Å². The van der Waals surface area contributed by atoms with E-state index in [2.05, 4.69) is 24.9 Å². The van der Waals surface area contributed by atoms with Gasteiger partial charge in [0.05, 0.1) is 39.0 Å². The normalized spacial score (nSPS) is 17.7. The number of anilines is 2. The fourth-order valence-electron chi connectivity index (χ4n) is 4.43. The van der Waals surface area contributed by atoms with Crippen LogP contribution in [0, 0.1) is 5.82 Å². The highest BCUT2D eigenvalue weighted by Gasteiger charge is 2.38. The van der Waals surface area contributed by atoms with Crippen molar-refractivity contribution in [1.82, 2.24) is 24.7 Å². The first kappa shape index (κ1) is 26.4. The molecule has 0 bridgehead atoms. The van der Waals surface area contributed by atoms with Crippen molar-refractivity contribution in [2.75, 3.05) is 44.0 Å². The molecule has 4 heterocycles. The molecule has 4 aromatic rings. The van der Waals surface area contributed by atoms with Crippen LogP contribution < -0.4 is 19.1 Å². The van der Waals surface area contributed by atoms with Gasteiger partial charge in [-0.3, -0.25) is 9.29 Å². The van der Waals surface area contributed by atoms with Crippen molar-refractivity contribution < 1.29 is 31.4 Å². The Morgan fingerprint density at radius 3 is 2.36 bits per heavy atom. The van der Waals surface area contributed by atoms with Crippen LogP contribution in [0.15, 0.2) is 53.4 Å². The molecule has 2 atom stereocenters. The molecule has 1 aromatic carbocycles. The van der Waals surface area contributed by atoms with Gasteiger partial charge < -0.3 is 23.5 Å². The molecule has 1 aliphatic heterocycles. The topological polar surface area (TPSA) is 147 Å². The molecule has 15 heteroatoms. The lowest BCUT2D eigenvalue weighted by atomic mass is 10.1. The zero-order chi connectivity index (χ0) is 27.6. The maximum Gasteiger partial charge on any atom is 0.243 e. The number of para-hydroxylation sites is 1. The number of piperidine rings is 1. The van der Waals surface area contributed by atoms with Crippen LogP contribution in [-0.4, -0.2) is 78.9 Å². The molecule has 5 rings (SSSR count). The maximum atomic E-state index is 13.8. The van der Waals surface area contributed by atoms with Gasteiger partial charge in [0.1, 0.15) is 22.4 Å². The van der Waals surface area contributed by atoms with E-state index in [0.29, 0.717) is 29.5 Å². The quantitative estimate of drug-likeness (QED) is 0.323. The zero-order valence-electron chi connectivity index (χ0n) is 21.3. The lowest BCUT2D eigenvalue weighted by Crippen LogP contribution is -2.51. The number of furan rings is 1. The lowest BCUT2D eigenvalue weighted by Gasteiger charge is -2.36. The molecular weight excluding hydrogens is 533 g/mol. The largest absolute Gasteiger partial charge is 0.494 e. The summed E-state index contributed by atoms with van der Waals surface area (Å²) in [5.74, 6) is 0.841. The smallest absolute Gasteiger partial charge is 0.243 e. The number of methoxy groups -OCH3 is 3. The summed E-state index contributed by atoms with van der Waals surface area (Å²) in [5.41, 5.74) is 0.372. The van der Waals surface area contributed by atoms with E-state index in [1.54, 1.807) is 35.2 Å². The van der Waals surface area contributed by atoms with Crippen LogP contribution in [0.5, 0.6) is 11.5 Å². The maximum absolute atomic E-state index is 13.8. The molecular formula is C24H26FN7O6S. The summed E-state index contributed by atoms with van der Waals surface area (Å²) >= 11 is 0. The Bertz CT molecular complexity index is 1510. The summed E-state index contributed by atoms with van der Waals surface area (Å²) in [7, 11) is 0.375. The van der Waals surface area contributed by atoms with Crippen LogP contribution in [0.4, 0.5) is 16.3 Å². The van der Waals surface area contributed by atoms with Crippen molar-refractivity contribution in [2.45, 2.75) is 17.8 Å². The first-order chi connectivity index (χ1) is 18.8. The predicted molar refractivity (Wildman–Crippen MR) is 138 cm³/mol. The number of hydrogen-bond donors (Lipinski definition) is 1. The second-order valence-electron chi connectivity index (χ2n) is 8.64. The van der Waals surface area contributed by atoms with Crippen molar-refractivity contribution in [3.63, 3.8) is 0 Å². The Hall–Kier alpha value is -4.24. The first-order valence-corrected chi connectivity index (χ1v) is 13.4. The predicted octanol–water partition coefficient (Wildman–Crippen LogP) is 2.51. The molecule has 3 aromatic heterocycles. The molecule has 0 amide bonds. The highest BCUT2D eigenvalue weighted by atomic mass is 32.2. The third-order valence-electron chi connectivity index (χ3n) is 6.30. The van der Waals surface area contributed by atoms with Crippen LogP contribution in [0.2, 0.25) is 0 Å². The fourth-order valence-corrected chi connectivity index (χ4v) is 5.82. The number of nitrogens with one attached hydrogen (secondary N) is 1. The van der Waals surface area contributed by atoms with E-state index in [1.165, 1.54) is 32.2 Å². The molecule has 1 N–H and O–H groups in total. The van der Waals surface area contributed by atoms with E-state index >= 15 is 0 Å². The average Bonchev–Trinajstić information content (AvgIpc) is 3.62. The summed E-state index contributed by atoms with van der Waals surface area (Å²) in [5, 5.41) is 7.40. The van der Waals surface area contributed by atoms with Gasteiger partial charge in [0, 0.05) is 20.2 Å². The van der Waals surface area contributed by atoms with Gasteiger partial charge in [0.2, 0.25) is 27.7 Å². The van der Waals surface area contributed by atoms with Crippen LogP contribution in [-0.2, 0) is 14.8 Å². The Morgan fingerprint density at radius 2 is 1.74 bits per heavy atom. The number of hydrogen-bond acceptors (Lipinski definition) is 11. The van der Waals surface area contributed by atoms with E-state index in [-0.39, 0.29) is 30.7 Å². The zero-order valence-corrected chi connectivity index (χ0v) is 22.1. The second-order valence-corrected chi connectivity index (χ2v) is 10.6. The van der Waals surface area contributed by atoms with Crippen molar-refractivity contribution in [2.24, 2.45) is 0 Å². The summed E-state index contributed by atoms with van der Waals surface area (Å²) < 4.78 is 67.1. The van der Waals surface area contributed by atoms with Crippen LogP contribution >= 0.6 is 0 Å². The van der Waals surface area contributed by atoms with Crippen molar-refractivity contribution in [3.8, 4) is 28.8 Å². The van der Waals surface area contributed by atoms with E-state index in [0.717, 1.165) is 12.4 Å². The van der Waals surface area contributed by atoms with E-state index in [9.17, 15) is 12.8 Å². The first-order valence-electron chi connectivity index (χ1n) is 11.8. The van der Waals surface area contributed by atoms with Gasteiger partial charge in [-0.05, 0) is 30.7 Å². The second kappa shape index (κ2) is 10.9. The van der Waals surface area contributed by atoms with Gasteiger partial charge >= 0.3 is 0 Å². The van der Waals surface area contributed by atoms with Gasteiger partial charge in [0.15, 0.2) is 11.6 Å². The number of rotatable bonds is 9. The SMILES string of the molecule is COc1cccc(OC)c1-n1c(NS(=O)(=O)[C@@H]2C[C@@H](OC)CN(c3ncc(F)cn3)C2)nnc1-c1ccco1. The lowest BCUT2D eigenvalue weighted by molar-refractivity contribution is 0.0898. The van der Waals surface area contributed by atoms with E-state index in [4.69, 9.17) is 18.6 Å². The summed E-state index contributed by atoms with van der Waals surface area (Å²) in [6, 6.07) is 8.49. The van der Waals surface area contributed by atoms with Gasteiger partial charge in [0.25, 0.3) is 0 Å². The third-order valence-corrected chi connectivity index (χ3v) is 7.99. The van der Waals surface area contributed by atoms with Gasteiger partial charge in [-0.15, -0.1) is 10.2 Å². The van der Waals surface area contributed by atoms with E-state index in [1.807, 2.05) is 0 Å². The fraction of sp³-hybridized carbons (Fsp3) is 0.333. The van der Waals surface area contributed by atoms with Crippen LogP contribution in [0.25, 0.3) is 17.3 Å². The minimum Gasteiger partial charge on any atom is -0.494 e. The Balaban J connectivity index is 1.54. The average molecular weight is 560 g/mol. The molecule has 0 aliphatic carbocycles. The number of halogens is 1. The standard InChI is InChI=1S/C24H26FN7O6S/c1-35-16-10-17(14-31(13-16)23-26-11-15(25)12-27-23)39(33,34)30-24-29-28-22(20-8-5-9-38-20)32(24)21-18(36-2)6-4-7-19(21)37-3/h4-9,11-12,16-17H,10,13-14H2,1-3H3,(H,29,30)/t16-,17-/m1/s1. The molecule has 1 saturated heterocycles. The molecule has 0 saturated carbocycles. The van der Waals surface area contributed by atoms with Gasteiger partial charge in [-0.25, -0.2) is 22.8 Å². The monoisotopic (exact) mass is 559 g/mol. The molecule has 1 aliphatic rings. The highest BCUT2D eigenvalue weighted by molar-refractivity contribution is 7.93. The Kier molecular flexibility index (Phi) is 7.34. The van der Waals surface area contributed by atoms with Crippen molar-refractivity contribution in [1.29, 1.82) is 0 Å². The molecule has 1 fully saturated rings. The Labute approximate surface area is 223 Å². The highest BCUT2D eigenvalue weighted by Crippen LogP contribution is 2.38. The van der Waals surface area contributed by atoms with Crippen LogP contribution in [0.1, 0.15) is 6.42 Å². The number of nitrogens with zero attached hydrogens (tertiary/aromatic N) is 6. The van der Waals surface area contributed by atoms with Gasteiger partial charge in [-0.1, -0.05) is 6.07 Å². The molecule has 206 valence electrons. The van der Waals surface area contributed by atoms with Crippen LogP contribution in [0.3, 0.4) is 0 Å².